The second-order valence-electron chi connectivity index (χ2n) is 5.93. The van der Waals surface area contributed by atoms with E-state index < -0.39 is 4.92 Å². The number of H-pyrrole nitrogens is 1. The second kappa shape index (κ2) is 5.83. The lowest BCUT2D eigenvalue weighted by Crippen LogP contribution is -2.28. The number of carbonyl (C=O) groups is 1. The lowest BCUT2D eigenvalue weighted by atomic mass is 9.89. The van der Waals surface area contributed by atoms with E-state index in [0.717, 1.165) is 35.6 Å². The van der Waals surface area contributed by atoms with E-state index in [2.05, 4.69) is 15.3 Å². The highest BCUT2D eigenvalue weighted by molar-refractivity contribution is 5.93. The van der Waals surface area contributed by atoms with Crippen LogP contribution in [0.1, 0.15) is 29.2 Å². The number of amides is 1. The number of aromatic amines is 1. The number of nitro groups is 1. The number of aromatic nitrogens is 2. The maximum atomic E-state index is 12.5. The fraction of sp³-hybridized carbons (Fsp3) is 0.375. The zero-order valence-corrected chi connectivity index (χ0v) is 13.0. The van der Waals surface area contributed by atoms with E-state index in [1.54, 1.807) is 6.07 Å². The summed E-state index contributed by atoms with van der Waals surface area (Å²) in [5.41, 5.74) is 3.33. The Bertz CT molecular complexity index is 782. The Hall–Kier alpha value is -2.70. The summed E-state index contributed by atoms with van der Waals surface area (Å²) in [6.45, 7) is 3.72. The summed E-state index contributed by atoms with van der Waals surface area (Å²) in [5.74, 6) is 0.609. The topological polar surface area (TPSA) is 101 Å². The Morgan fingerprint density at radius 3 is 2.96 bits per heavy atom. The number of non-ortho nitro benzene ring substituents is 1. The minimum Gasteiger partial charge on any atom is -0.346 e. The van der Waals surface area contributed by atoms with E-state index in [1.807, 2.05) is 13.8 Å². The molecule has 0 aliphatic heterocycles. The lowest BCUT2D eigenvalue weighted by Gasteiger charge is -2.21. The summed E-state index contributed by atoms with van der Waals surface area (Å²) in [6.07, 6.45) is 2.12. The molecule has 7 heteroatoms. The summed E-state index contributed by atoms with van der Waals surface area (Å²) in [5, 5.41) is 13.7. The number of imidazole rings is 1. The van der Waals surface area contributed by atoms with Crippen molar-refractivity contribution in [2.24, 2.45) is 5.92 Å². The molecule has 23 heavy (non-hydrogen) atoms. The van der Waals surface area contributed by atoms with Crippen LogP contribution in [0, 0.1) is 29.9 Å². The molecule has 2 N–H and O–H groups in total. The van der Waals surface area contributed by atoms with Crippen LogP contribution < -0.4 is 5.32 Å². The molecule has 1 aromatic heterocycles. The summed E-state index contributed by atoms with van der Waals surface area (Å²) in [6, 6.07) is 4.48. The SMILES string of the molecule is Cc1nc2c([nH]1)CC(C(=O)Nc1cc([N+](=O)[O-])ccc1C)CC2. The van der Waals surface area contributed by atoms with Gasteiger partial charge < -0.3 is 10.3 Å². The number of fused-ring (bicyclic) bond motifs is 1. The monoisotopic (exact) mass is 314 g/mol. The fourth-order valence-corrected chi connectivity index (χ4v) is 2.94. The smallest absolute Gasteiger partial charge is 0.271 e. The number of nitrogens with zero attached hydrogens (tertiary/aromatic N) is 2. The van der Waals surface area contributed by atoms with Gasteiger partial charge in [0.1, 0.15) is 5.82 Å². The summed E-state index contributed by atoms with van der Waals surface area (Å²) < 4.78 is 0. The van der Waals surface area contributed by atoms with E-state index in [0.29, 0.717) is 12.1 Å². The molecule has 1 aliphatic rings. The molecule has 3 rings (SSSR count). The van der Waals surface area contributed by atoms with Gasteiger partial charge in [-0.3, -0.25) is 14.9 Å². The predicted molar refractivity (Wildman–Crippen MR) is 85.3 cm³/mol. The van der Waals surface area contributed by atoms with Crippen LogP contribution in [0.5, 0.6) is 0 Å². The molecule has 1 atom stereocenters. The minimum absolute atomic E-state index is 0.0268. The molecular formula is C16H18N4O3. The summed E-state index contributed by atoms with van der Waals surface area (Å²) in [7, 11) is 0. The number of nitrogens with one attached hydrogen (secondary N) is 2. The van der Waals surface area contributed by atoms with Crippen LogP contribution in [0.2, 0.25) is 0 Å². The van der Waals surface area contributed by atoms with Gasteiger partial charge in [-0.1, -0.05) is 6.07 Å². The molecule has 0 radical (unpaired) electrons. The normalized spacial score (nSPS) is 16.7. The van der Waals surface area contributed by atoms with E-state index in [-0.39, 0.29) is 17.5 Å². The number of rotatable bonds is 3. The summed E-state index contributed by atoms with van der Waals surface area (Å²) >= 11 is 0. The number of anilines is 1. The van der Waals surface area contributed by atoms with Gasteiger partial charge in [0.25, 0.3) is 5.69 Å². The standard InChI is InChI=1S/C16H18N4O3/c1-9-3-5-12(20(22)23)8-14(9)19-16(21)11-4-6-13-15(7-11)18-10(2)17-13/h3,5,8,11H,4,6-7H2,1-2H3,(H,17,18)(H,19,21). The minimum atomic E-state index is -0.463. The number of nitro benzene ring substituents is 1. The van der Waals surface area contributed by atoms with Crippen molar-refractivity contribution in [2.75, 3.05) is 5.32 Å². The van der Waals surface area contributed by atoms with Gasteiger partial charge in [0.2, 0.25) is 5.91 Å². The van der Waals surface area contributed by atoms with E-state index in [1.165, 1.54) is 12.1 Å². The molecule has 1 aliphatic carbocycles. The van der Waals surface area contributed by atoms with Crippen molar-refractivity contribution in [3.8, 4) is 0 Å². The molecule has 0 saturated carbocycles. The Kier molecular flexibility index (Phi) is 3.85. The van der Waals surface area contributed by atoms with Gasteiger partial charge in [0.15, 0.2) is 0 Å². The van der Waals surface area contributed by atoms with Crippen LogP contribution in [-0.2, 0) is 17.6 Å². The van der Waals surface area contributed by atoms with Crippen molar-refractivity contribution in [3.63, 3.8) is 0 Å². The average molecular weight is 314 g/mol. The van der Waals surface area contributed by atoms with Crippen LogP contribution in [0.3, 0.4) is 0 Å². The highest BCUT2D eigenvalue weighted by Crippen LogP contribution is 2.27. The zero-order chi connectivity index (χ0) is 16.6. The van der Waals surface area contributed by atoms with Crippen LogP contribution in [0.15, 0.2) is 18.2 Å². The highest BCUT2D eigenvalue weighted by Gasteiger charge is 2.27. The van der Waals surface area contributed by atoms with Crippen molar-refractivity contribution < 1.29 is 9.72 Å². The van der Waals surface area contributed by atoms with Gasteiger partial charge in [0.05, 0.1) is 16.3 Å². The third-order valence-electron chi connectivity index (χ3n) is 4.22. The predicted octanol–water partition coefficient (Wildman–Crippen LogP) is 2.68. The first-order valence-electron chi connectivity index (χ1n) is 7.54. The molecular weight excluding hydrogens is 296 g/mol. The molecule has 0 bridgehead atoms. The number of carbonyl (C=O) groups excluding carboxylic acids is 1. The first kappa shape index (κ1) is 15.2. The van der Waals surface area contributed by atoms with E-state index in [9.17, 15) is 14.9 Å². The zero-order valence-electron chi connectivity index (χ0n) is 13.0. The lowest BCUT2D eigenvalue weighted by molar-refractivity contribution is -0.384. The number of aryl methyl sites for hydroxylation is 3. The molecule has 1 aromatic carbocycles. The highest BCUT2D eigenvalue weighted by atomic mass is 16.6. The van der Waals surface area contributed by atoms with Gasteiger partial charge in [0, 0.05) is 30.2 Å². The van der Waals surface area contributed by atoms with Gasteiger partial charge in [-0.2, -0.15) is 0 Å². The molecule has 1 amide bonds. The van der Waals surface area contributed by atoms with Crippen LogP contribution in [0.25, 0.3) is 0 Å². The van der Waals surface area contributed by atoms with Crippen LogP contribution in [0.4, 0.5) is 11.4 Å². The van der Waals surface area contributed by atoms with Crippen molar-refractivity contribution in [1.29, 1.82) is 0 Å². The van der Waals surface area contributed by atoms with Crippen molar-refractivity contribution >= 4 is 17.3 Å². The Morgan fingerprint density at radius 1 is 1.43 bits per heavy atom. The van der Waals surface area contributed by atoms with E-state index >= 15 is 0 Å². The van der Waals surface area contributed by atoms with E-state index in [4.69, 9.17) is 0 Å². The molecule has 7 nitrogen and oxygen atoms in total. The maximum Gasteiger partial charge on any atom is 0.271 e. The first-order valence-corrected chi connectivity index (χ1v) is 7.54. The molecule has 1 unspecified atom stereocenters. The molecule has 0 fully saturated rings. The largest absolute Gasteiger partial charge is 0.346 e. The second-order valence-corrected chi connectivity index (χ2v) is 5.93. The third-order valence-corrected chi connectivity index (χ3v) is 4.22. The fourth-order valence-electron chi connectivity index (χ4n) is 2.94. The summed E-state index contributed by atoms with van der Waals surface area (Å²) in [4.78, 5) is 30.5. The van der Waals surface area contributed by atoms with Gasteiger partial charge >= 0.3 is 0 Å². The molecule has 120 valence electrons. The van der Waals surface area contributed by atoms with Gasteiger partial charge in [-0.15, -0.1) is 0 Å². The van der Waals surface area contributed by atoms with Crippen molar-refractivity contribution in [3.05, 3.63) is 51.1 Å². The average Bonchev–Trinajstić information content (AvgIpc) is 2.88. The van der Waals surface area contributed by atoms with Crippen molar-refractivity contribution in [1.82, 2.24) is 9.97 Å². The van der Waals surface area contributed by atoms with Crippen LogP contribution in [-0.4, -0.2) is 20.8 Å². The number of hydrogen-bond donors (Lipinski definition) is 2. The third kappa shape index (κ3) is 3.08. The quantitative estimate of drug-likeness (QED) is 0.671. The molecule has 0 saturated heterocycles. The first-order chi connectivity index (χ1) is 10.9. The Labute approximate surface area is 133 Å². The van der Waals surface area contributed by atoms with Gasteiger partial charge in [-0.05, 0) is 32.3 Å². The Balaban J connectivity index is 1.75. The number of hydrogen-bond acceptors (Lipinski definition) is 4. The molecule has 2 aromatic rings. The number of benzene rings is 1. The van der Waals surface area contributed by atoms with Crippen molar-refractivity contribution in [2.45, 2.75) is 33.1 Å². The van der Waals surface area contributed by atoms with Gasteiger partial charge in [-0.25, -0.2) is 4.98 Å². The van der Waals surface area contributed by atoms with Crippen LogP contribution >= 0.6 is 0 Å². The molecule has 0 spiro atoms. The molecule has 1 heterocycles. The Morgan fingerprint density at radius 2 is 2.22 bits per heavy atom. The maximum absolute atomic E-state index is 12.5.